The summed E-state index contributed by atoms with van der Waals surface area (Å²) in [7, 11) is 1.77. The summed E-state index contributed by atoms with van der Waals surface area (Å²) in [5, 5.41) is 3.31. The van der Waals surface area contributed by atoms with Crippen LogP contribution in [-0.2, 0) is 4.74 Å². The average molecular weight is 504 g/mol. The summed E-state index contributed by atoms with van der Waals surface area (Å²) in [6, 6.07) is 10.2. The van der Waals surface area contributed by atoms with Crippen LogP contribution >= 0.6 is 0 Å². The Morgan fingerprint density at radius 2 is 1.84 bits per heavy atom. The number of carbonyl (C=O) groups excluding carboxylic acids is 1. The van der Waals surface area contributed by atoms with Crippen molar-refractivity contribution in [3.63, 3.8) is 0 Å². The van der Waals surface area contributed by atoms with Crippen LogP contribution in [0.1, 0.15) is 92.6 Å². The highest BCUT2D eigenvalue weighted by Gasteiger charge is 2.42. The van der Waals surface area contributed by atoms with Crippen molar-refractivity contribution in [1.29, 1.82) is 0 Å². The molecule has 2 bridgehead atoms. The standard InChI is InChI=1S/C32H45N3O2/c1-3-20-34-21-19-28-17-18-29(23-34)35(28)31(26-9-8-12-30(22-26)37-2)24-13-15-25(16-14-24)32(36)33-27-10-6-4-5-7-11-27/h3,12-16,22,27-29,31H,1,4-11,17-21,23H2,2H3,(H,33,36). The number of amides is 1. The lowest BCUT2D eigenvalue weighted by molar-refractivity contribution is 0.0933. The van der Waals surface area contributed by atoms with Crippen LogP contribution in [0.5, 0.6) is 0 Å². The first kappa shape index (κ1) is 26.2. The summed E-state index contributed by atoms with van der Waals surface area (Å²) in [6.07, 6.45) is 19.5. The maximum Gasteiger partial charge on any atom is 0.251 e. The van der Waals surface area contributed by atoms with Crippen LogP contribution < -0.4 is 5.32 Å². The van der Waals surface area contributed by atoms with Crippen LogP contribution in [0, 0.1) is 0 Å². The Morgan fingerprint density at radius 1 is 1.08 bits per heavy atom. The lowest BCUT2D eigenvalue weighted by Gasteiger charge is -2.39. The molecule has 0 spiro atoms. The predicted molar refractivity (Wildman–Crippen MR) is 150 cm³/mol. The van der Waals surface area contributed by atoms with Gasteiger partial charge in [-0.3, -0.25) is 14.6 Å². The third-order valence-corrected chi connectivity index (χ3v) is 8.98. The van der Waals surface area contributed by atoms with Gasteiger partial charge in [-0.05, 0) is 80.4 Å². The van der Waals surface area contributed by atoms with E-state index in [4.69, 9.17) is 4.74 Å². The van der Waals surface area contributed by atoms with E-state index in [2.05, 4.69) is 58.1 Å². The molecule has 5 rings (SSSR count). The fourth-order valence-electron chi connectivity index (χ4n) is 7.09. The first-order chi connectivity index (χ1) is 18.2. The van der Waals surface area contributed by atoms with E-state index in [1.165, 1.54) is 56.1 Å². The number of fused-ring (bicyclic) bond motifs is 2. The van der Waals surface area contributed by atoms with Gasteiger partial charge in [-0.25, -0.2) is 0 Å². The predicted octanol–water partition coefficient (Wildman–Crippen LogP) is 6.16. The summed E-state index contributed by atoms with van der Waals surface area (Å²) in [6.45, 7) is 7.19. The van der Waals surface area contributed by atoms with Gasteiger partial charge in [-0.15, -0.1) is 6.58 Å². The number of allylic oxidation sites excluding steroid dienone is 2. The van der Waals surface area contributed by atoms with Crippen molar-refractivity contribution >= 4 is 5.91 Å². The molecular weight excluding hydrogens is 458 g/mol. The number of rotatable bonds is 8. The minimum Gasteiger partial charge on any atom is -0.497 e. The third kappa shape index (κ3) is 6.21. The first-order valence-electron chi connectivity index (χ1n) is 14.6. The molecular formula is C32H45N3O2. The van der Waals surface area contributed by atoms with Crippen molar-refractivity contribution in [3.8, 4) is 0 Å². The molecule has 1 saturated carbocycles. The highest BCUT2D eigenvalue weighted by atomic mass is 16.5. The minimum atomic E-state index is 0.0754. The number of carbonyl (C=O) groups is 1. The zero-order valence-electron chi connectivity index (χ0n) is 22.7. The van der Waals surface area contributed by atoms with E-state index in [1.807, 2.05) is 6.08 Å². The van der Waals surface area contributed by atoms with E-state index in [-0.39, 0.29) is 11.9 Å². The number of benzene rings is 1. The topological polar surface area (TPSA) is 44.8 Å². The number of nitrogens with one attached hydrogen (secondary N) is 1. The van der Waals surface area contributed by atoms with E-state index < -0.39 is 0 Å². The fraction of sp³-hybridized carbons (Fsp3) is 0.594. The maximum atomic E-state index is 13.1. The van der Waals surface area contributed by atoms with Crippen LogP contribution in [0.2, 0.25) is 0 Å². The number of nitrogens with zero attached hydrogens (tertiary/aromatic N) is 2. The largest absolute Gasteiger partial charge is 0.497 e. The van der Waals surface area contributed by atoms with Crippen LogP contribution in [0.15, 0.2) is 60.4 Å². The Hall–Kier alpha value is -2.37. The number of likely N-dealkylation sites (tertiary alicyclic amines) is 1. The van der Waals surface area contributed by atoms with Gasteiger partial charge in [-0.1, -0.05) is 43.9 Å². The van der Waals surface area contributed by atoms with Crippen molar-refractivity contribution in [2.24, 2.45) is 0 Å². The van der Waals surface area contributed by atoms with Crippen molar-refractivity contribution in [3.05, 3.63) is 71.5 Å². The first-order valence-corrected chi connectivity index (χ1v) is 14.6. The van der Waals surface area contributed by atoms with Crippen molar-refractivity contribution in [2.75, 3.05) is 26.7 Å². The Morgan fingerprint density at radius 3 is 2.57 bits per heavy atom. The molecule has 200 valence electrons. The molecule has 1 aromatic rings. The molecule has 1 amide bonds. The third-order valence-electron chi connectivity index (χ3n) is 8.98. The second kappa shape index (κ2) is 12.4. The Balaban J connectivity index is 1.40. The molecule has 0 aromatic heterocycles. The van der Waals surface area contributed by atoms with E-state index in [1.54, 1.807) is 7.11 Å². The molecule has 2 saturated heterocycles. The highest BCUT2D eigenvalue weighted by Crippen LogP contribution is 2.43. The summed E-state index contributed by atoms with van der Waals surface area (Å²) in [5.41, 5.74) is 3.51. The zero-order valence-corrected chi connectivity index (χ0v) is 22.7. The lowest BCUT2D eigenvalue weighted by atomic mass is 9.89. The van der Waals surface area contributed by atoms with Crippen molar-refractivity contribution < 1.29 is 9.53 Å². The Kier molecular flexibility index (Phi) is 8.83. The van der Waals surface area contributed by atoms with E-state index in [9.17, 15) is 4.79 Å². The second-order valence-electron chi connectivity index (χ2n) is 11.4. The smallest absolute Gasteiger partial charge is 0.251 e. The maximum absolute atomic E-state index is 13.1. The summed E-state index contributed by atoms with van der Waals surface area (Å²) in [4.78, 5) is 18.5. The molecule has 5 heteroatoms. The van der Waals surface area contributed by atoms with Gasteiger partial charge in [0.05, 0.1) is 13.2 Å². The molecule has 2 aliphatic carbocycles. The van der Waals surface area contributed by atoms with Crippen molar-refractivity contribution in [1.82, 2.24) is 15.1 Å². The molecule has 37 heavy (non-hydrogen) atoms. The van der Waals surface area contributed by atoms with E-state index in [0.717, 1.165) is 56.6 Å². The van der Waals surface area contributed by atoms with Gasteiger partial charge in [-0.2, -0.15) is 0 Å². The number of hydrogen-bond donors (Lipinski definition) is 1. The molecule has 1 N–H and O–H groups in total. The van der Waals surface area contributed by atoms with Crippen LogP contribution in [-0.4, -0.2) is 60.6 Å². The average Bonchev–Trinajstić information content (AvgIpc) is 3.05. The molecule has 5 nitrogen and oxygen atoms in total. The quantitative estimate of drug-likeness (QED) is 0.341. The number of ether oxygens (including phenoxy) is 1. The van der Waals surface area contributed by atoms with Crippen molar-refractivity contribution in [2.45, 2.75) is 94.8 Å². The van der Waals surface area contributed by atoms with E-state index in [0.29, 0.717) is 18.1 Å². The van der Waals surface area contributed by atoms with Gasteiger partial charge >= 0.3 is 0 Å². The van der Waals surface area contributed by atoms with Gasteiger partial charge in [0.25, 0.3) is 5.91 Å². The monoisotopic (exact) mass is 503 g/mol. The Bertz CT molecular complexity index is 990. The minimum absolute atomic E-state index is 0.0754. The Labute approximate surface area is 223 Å². The van der Waals surface area contributed by atoms with Gasteiger partial charge in [0, 0.05) is 43.3 Å². The lowest BCUT2D eigenvalue weighted by Crippen LogP contribution is -2.42. The van der Waals surface area contributed by atoms with Gasteiger partial charge in [0.1, 0.15) is 5.76 Å². The zero-order chi connectivity index (χ0) is 25.6. The highest BCUT2D eigenvalue weighted by molar-refractivity contribution is 5.94. The molecule has 1 aromatic carbocycles. The summed E-state index contributed by atoms with van der Waals surface area (Å²) >= 11 is 0. The normalized spacial score (nSPS) is 26.4. The molecule has 2 aliphatic heterocycles. The summed E-state index contributed by atoms with van der Waals surface area (Å²) < 4.78 is 5.66. The SMILES string of the molecule is C=CCN1CCC2CCC(C1)N2C(C1=CC(OC)=CCC1)c1ccc(C(=O)NC2CCCCCC2)cc1. The number of hydrogen-bond acceptors (Lipinski definition) is 4. The molecule has 3 fully saturated rings. The van der Waals surface area contributed by atoms with Crippen LogP contribution in [0.25, 0.3) is 0 Å². The molecule has 3 unspecified atom stereocenters. The molecule has 2 heterocycles. The van der Waals surface area contributed by atoms with Gasteiger partial charge in [0.2, 0.25) is 0 Å². The molecule has 0 radical (unpaired) electrons. The fourth-order valence-corrected chi connectivity index (χ4v) is 7.09. The molecule has 3 atom stereocenters. The van der Waals surface area contributed by atoms with E-state index >= 15 is 0 Å². The van der Waals surface area contributed by atoms with Crippen LogP contribution in [0.3, 0.4) is 0 Å². The van der Waals surface area contributed by atoms with Crippen LogP contribution in [0.4, 0.5) is 0 Å². The van der Waals surface area contributed by atoms with Gasteiger partial charge in [0.15, 0.2) is 0 Å². The molecule has 4 aliphatic rings. The number of methoxy groups -OCH3 is 1. The van der Waals surface area contributed by atoms with Gasteiger partial charge < -0.3 is 10.1 Å². The second-order valence-corrected chi connectivity index (χ2v) is 11.4. The summed E-state index contributed by atoms with van der Waals surface area (Å²) in [5.74, 6) is 1.05.